The monoisotopic (exact) mass is 443 g/mol. The van der Waals surface area contributed by atoms with Gasteiger partial charge in [0.25, 0.3) is 5.91 Å². The molecule has 0 spiro atoms. The topological polar surface area (TPSA) is 107 Å². The molecule has 2 aromatic carbocycles. The van der Waals surface area contributed by atoms with Gasteiger partial charge in [-0.2, -0.15) is 18.3 Å². The molecule has 10 heteroatoms. The number of aryl methyl sites for hydroxylation is 1. The predicted octanol–water partition coefficient (Wildman–Crippen LogP) is 3.15. The summed E-state index contributed by atoms with van der Waals surface area (Å²) in [6, 6.07) is 8.29. The molecule has 1 aromatic heterocycles. The number of fused-ring (bicyclic) bond motifs is 2. The molecule has 3 aromatic rings. The molecule has 0 radical (unpaired) electrons. The molecule has 0 fully saturated rings. The van der Waals surface area contributed by atoms with Gasteiger partial charge in [0, 0.05) is 28.8 Å². The normalized spacial score (nSPS) is 13.6. The molecule has 0 aliphatic carbocycles. The second-order valence-electron chi connectivity index (χ2n) is 7.81. The van der Waals surface area contributed by atoms with Gasteiger partial charge >= 0.3 is 6.18 Å². The molecule has 4 N–H and O–H groups in total. The van der Waals surface area contributed by atoms with E-state index in [4.69, 9.17) is 11.5 Å². The number of benzene rings is 2. The lowest BCUT2D eigenvalue weighted by Gasteiger charge is -2.16. The van der Waals surface area contributed by atoms with E-state index in [2.05, 4.69) is 11.7 Å². The molecular weight excluding hydrogens is 423 g/mol. The Morgan fingerprint density at radius 1 is 1.22 bits per heavy atom. The molecule has 2 heterocycles. The third-order valence-corrected chi connectivity index (χ3v) is 5.44. The maximum absolute atomic E-state index is 12.9. The first-order valence-corrected chi connectivity index (χ1v) is 9.68. The number of halogens is 3. The number of rotatable bonds is 5. The lowest BCUT2D eigenvalue weighted by molar-refractivity contribution is -0.141. The molecule has 166 valence electrons. The molecule has 1 aliphatic rings. The van der Waals surface area contributed by atoms with Crippen LogP contribution in [0.15, 0.2) is 42.5 Å². The van der Waals surface area contributed by atoms with Gasteiger partial charge in [0.15, 0.2) is 0 Å². The highest BCUT2D eigenvalue weighted by Gasteiger charge is 2.32. The number of nitrogens with two attached hydrogens (primary N) is 2. The van der Waals surface area contributed by atoms with Crippen LogP contribution in [0.4, 0.5) is 18.9 Å². The summed E-state index contributed by atoms with van der Waals surface area (Å²) in [5.74, 6) is -0.989. The number of hydrogen-bond donors (Lipinski definition) is 2. The van der Waals surface area contributed by atoms with Gasteiger partial charge < -0.3 is 16.4 Å². The van der Waals surface area contributed by atoms with Crippen molar-refractivity contribution in [3.63, 3.8) is 0 Å². The summed E-state index contributed by atoms with van der Waals surface area (Å²) in [5.41, 5.74) is 15.1. The molecule has 32 heavy (non-hydrogen) atoms. The fourth-order valence-electron chi connectivity index (χ4n) is 3.98. The first kappa shape index (κ1) is 21.4. The Labute approximate surface area is 181 Å². The summed E-state index contributed by atoms with van der Waals surface area (Å²) in [4.78, 5) is 25.6. The molecule has 4 rings (SSSR count). The van der Waals surface area contributed by atoms with Gasteiger partial charge in [-0.15, -0.1) is 0 Å². The number of aromatic nitrogens is 2. The Balaban J connectivity index is 1.77. The van der Waals surface area contributed by atoms with Gasteiger partial charge in [-0.3, -0.25) is 14.3 Å². The molecular formula is C22H20F3N5O2. The van der Waals surface area contributed by atoms with E-state index in [0.717, 1.165) is 4.68 Å². The van der Waals surface area contributed by atoms with Crippen molar-refractivity contribution < 1.29 is 22.8 Å². The minimum absolute atomic E-state index is 0.00938. The van der Waals surface area contributed by atoms with E-state index in [9.17, 15) is 22.8 Å². The molecule has 0 atom stereocenters. The average Bonchev–Trinajstić information content (AvgIpc) is 3.17. The summed E-state index contributed by atoms with van der Waals surface area (Å²) < 4.78 is 39.6. The average molecular weight is 443 g/mol. The van der Waals surface area contributed by atoms with Crippen molar-refractivity contribution in [2.75, 3.05) is 12.3 Å². The summed E-state index contributed by atoms with van der Waals surface area (Å²) in [6.45, 7) is 4.27. The number of carbonyl (C=O) groups is 2. The van der Waals surface area contributed by atoms with Crippen LogP contribution in [0.25, 0.3) is 22.0 Å². The zero-order valence-electron chi connectivity index (χ0n) is 17.2. The standard InChI is InChI=1S/C22H20F3N5O2/c1-11(20(27)31)8-29-9-18-16(6-14(26)7-17(18)21(29)32)13-3-4-19-15(5-13)12(2)28-30(19)10-22(23,24)25/h3-7H,1,8-10,26H2,2H3,(H2,27,31). The lowest BCUT2D eigenvalue weighted by Crippen LogP contribution is -2.30. The minimum atomic E-state index is -4.39. The molecule has 2 amide bonds. The highest BCUT2D eigenvalue weighted by molar-refractivity contribution is 6.03. The van der Waals surface area contributed by atoms with Crippen molar-refractivity contribution in [1.29, 1.82) is 0 Å². The number of primary amides is 1. The van der Waals surface area contributed by atoms with Crippen LogP contribution in [-0.2, 0) is 17.9 Å². The van der Waals surface area contributed by atoms with Crippen LogP contribution in [0.3, 0.4) is 0 Å². The van der Waals surface area contributed by atoms with Crippen molar-refractivity contribution in [2.45, 2.75) is 26.2 Å². The van der Waals surface area contributed by atoms with Gasteiger partial charge in [-0.1, -0.05) is 12.6 Å². The van der Waals surface area contributed by atoms with Crippen LogP contribution < -0.4 is 11.5 Å². The van der Waals surface area contributed by atoms with Gasteiger partial charge in [-0.25, -0.2) is 0 Å². The van der Waals surface area contributed by atoms with E-state index in [1.807, 2.05) is 0 Å². The van der Waals surface area contributed by atoms with Crippen LogP contribution in [-0.4, -0.2) is 39.2 Å². The van der Waals surface area contributed by atoms with E-state index in [0.29, 0.717) is 44.5 Å². The second-order valence-corrected chi connectivity index (χ2v) is 7.81. The van der Waals surface area contributed by atoms with Crippen molar-refractivity contribution in [3.05, 3.63) is 59.3 Å². The van der Waals surface area contributed by atoms with Gasteiger partial charge in [0.1, 0.15) is 6.54 Å². The number of carbonyl (C=O) groups excluding carboxylic acids is 2. The zero-order valence-corrected chi connectivity index (χ0v) is 17.2. The third kappa shape index (κ3) is 3.79. The zero-order chi connectivity index (χ0) is 23.4. The van der Waals surface area contributed by atoms with E-state index in [-0.39, 0.29) is 24.6 Å². The van der Waals surface area contributed by atoms with E-state index >= 15 is 0 Å². The lowest BCUT2D eigenvalue weighted by atomic mass is 9.95. The molecule has 0 bridgehead atoms. The highest BCUT2D eigenvalue weighted by atomic mass is 19.4. The summed E-state index contributed by atoms with van der Waals surface area (Å²) in [7, 11) is 0. The minimum Gasteiger partial charge on any atom is -0.399 e. The predicted molar refractivity (Wildman–Crippen MR) is 113 cm³/mol. The number of nitrogen functional groups attached to an aromatic ring is 1. The molecule has 0 saturated heterocycles. The Hall–Kier alpha value is -3.82. The molecule has 7 nitrogen and oxygen atoms in total. The molecule has 1 aliphatic heterocycles. The fraction of sp³-hybridized carbons (Fsp3) is 0.227. The van der Waals surface area contributed by atoms with Crippen molar-refractivity contribution in [3.8, 4) is 11.1 Å². The maximum Gasteiger partial charge on any atom is 0.408 e. The Morgan fingerprint density at radius 3 is 2.56 bits per heavy atom. The first-order chi connectivity index (χ1) is 14.9. The van der Waals surface area contributed by atoms with Crippen molar-refractivity contribution in [1.82, 2.24) is 14.7 Å². The number of hydrogen-bond acceptors (Lipinski definition) is 4. The Bertz CT molecular complexity index is 1290. The number of anilines is 1. The highest BCUT2D eigenvalue weighted by Crippen LogP contribution is 2.37. The first-order valence-electron chi connectivity index (χ1n) is 9.68. The SMILES string of the molecule is C=C(CN1Cc2c(cc(N)cc2-c2ccc3c(c2)c(C)nn3CC(F)(F)F)C1=O)C(N)=O. The quantitative estimate of drug-likeness (QED) is 0.467. The fourth-order valence-corrected chi connectivity index (χ4v) is 3.98. The molecule has 0 saturated carbocycles. The van der Waals surface area contributed by atoms with Crippen molar-refractivity contribution in [2.24, 2.45) is 5.73 Å². The summed E-state index contributed by atoms with van der Waals surface area (Å²) in [5, 5.41) is 4.60. The second kappa shape index (κ2) is 7.40. The van der Waals surface area contributed by atoms with E-state index in [1.165, 1.54) is 4.90 Å². The summed E-state index contributed by atoms with van der Waals surface area (Å²) in [6.07, 6.45) is -4.39. The van der Waals surface area contributed by atoms with Gasteiger partial charge in [-0.05, 0) is 47.9 Å². The van der Waals surface area contributed by atoms with Gasteiger partial charge in [0.05, 0.1) is 17.8 Å². The van der Waals surface area contributed by atoms with Gasteiger partial charge in [0.2, 0.25) is 5.91 Å². The van der Waals surface area contributed by atoms with Crippen LogP contribution in [0.1, 0.15) is 21.6 Å². The Kier molecular flexibility index (Phi) is 4.95. The number of amides is 2. The van der Waals surface area contributed by atoms with E-state index < -0.39 is 18.6 Å². The Morgan fingerprint density at radius 2 is 1.91 bits per heavy atom. The van der Waals surface area contributed by atoms with Crippen molar-refractivity contribution >= 4 is 28.4 Å². The number of nitrogens with zero attached hydrogens (tertiary/aromatic N) is 3. The molecule has 0 unspecified atom stereocenters. The number of alkyl halides is 3. The third-order valence-electron chi connectivity index (χ3n) is 5.44. The van der Waals surface area contributed by atoms with E-state index in [1.54, 1.807) is 37.3 Å². The van der Waals surface area contributed by atoms with Crippen LogP contribution in [0, 0.1) is 6.92 Å². The van der Waals surface area contributed by atoms with Crippen LogP contribution in [0.2, 0.25) is 0 Å². The van der Waals surface area contributed by atoms with Crippen LogP contribution in [0.5, 0.6) is 0 Å². The summed E-state index contributed by atoms with van der Waals surface area (Å²) >= 11 is 0. The largest absolute Gasteiger partial charge is 0.408 e. The smallest absolute Gasteiger partial charge is 0.399 e. The maximum atomic E-state index is 12.9. The van der Waals surface area contributed by atoms with Crippen LogP contribution >= 0.6 is 0 Å².